The number of pyridine rings is 1. The summed E-state index contributed by atoms with van der Waals surface area (Å²) in [6, 6.07) is 3.85. The zero-order chi connectivity index (χ0) is 15.8. The number of guanidine groups is 1. The quantitative estimate of drug-likeness (QED) is 0.404. The molecule has 6 nitrogen and oxygen atoms in total. The summed E-state index contributed by atoms with van der Waals surface area (Å²) >= 11 is 1.73. The van der Waals surface area contributed by atoms with E-state index in [4.69, 9.17) is 4.74 Å². The molecule has 0 radical (unpaired) electrons. The van der Waals surface area contributed by atoms with Crippen molar-refractivity contribution in [2.45, 2.75) is 19.9 Å². The number of nitrogens with one attached hydrogen (secondary N) is 2. The van der Waals surface area contributed by atoms with E-state index in [0.717, 1.165) is 29.5 Å². The second kappa shape index (κ2) is 10.4. The van der Waals surface area contributed by atoms with Gasteiger partial charge in [-0.2, -0.15) is 0 Å². The largest absolute Gasteiger partial charge is 0.481 e. The van der Waals surface area contributed by atoms with Gasteiger partial charge in [0.05, 0.1) is 12.1 Å². The Labute approximate surface area is 157 Å². The predicted octanol–water partition coefficient (Wildman–Crippen LogP) is 2.38. The van der Waals surface area contributed by atoms with Crippen LogP contribution in [0.3, 0.4) is 0 Å². The SMILES string of the molecule is CN=C(NCCc1ncc(C)s1)NCc1ccnc(OC)c1.I. The van der Waals surface area contributed by atoms with E-state index in [0.29, 0.717) is 12.4 Å². The van der Waals surface area contributed by atoms with Crippen LogP contribution in [0.1, 0.15) is 15.4 Å². The van der Waals surface area contributed by atoms with Gasteiger partial charge < -0.3 is 15.4 Å². The van der Waals surface area contributed by atoms with Crippen LogP contribution in [0.5, 0.6) is 5.88 Å². The summed E-state index contributed by atoms with van der Waals surface area (Å²) in [5, 5.41) is 7.69. The van der Waals surface area contributed by atoms with Crippen molar-refractivity contribution in [3.8, 4) is 5.88 Å². The molecule has 0 atom stereocenters. The Morgan fingerprint density at radius 1 is 1.35 bits per heavy atom. The fourth-order valence-electron chi connectivity index (χ4n) is 1.88. The Hall–Kier alpha value is -1.42. The van der Waals surface area contributed by atoms with Gasteiger partial charge in [0.15, 0.2) is 5.96 Å². The molecule has 2 N–H and O–H groups in total. The predicted molar refractivity (Wildman–Crippen MR) is 105 cm³/mol. The molecule has 126 valence electrons. The number of hydrogen-bond donors (Lipinski definition) is 2. The molecule has 0 unspecified atom stereocenters. The average Bonchev–Trinajstić information content (AvgIpc) is 2.96. The highest BCUT2D eigenvalue weighted by Crippen LogP contribution is 2.11. The summed E-state index contributed by atoms with van der Waals surface area (Å²) in [5.41, 5.74) is 1.09. The van der Waals surface area contributed by atoms with Gasteiger partial charge in [-0.15, -0.1) is 35.3 Å². The van der Waals surface area contributed by atoms with Crippen LogP contribution in [0.2, 0.25) is 0 Å². The van der Waals surface area contributed by atoms with E-state index in [-0.39, 0.29) is 24.0 Å². The lowest BCUT2D eigenvalue weighted by Gasteiger charge is -2.11. The normalized spacial score (nSPS) is 10.8. The average molecular weight is 447 g/mol. The number of hydrogen-bond acceptors (Lipinski definition) is 5. The Balaban J connectivity index is 0.00000264. The van der Waals surface area contributed by atoms with E-state index in [1.54, 1.807) is 31.7 Å². The molecule has 0 saturated heterocycles. The molecule has 0 aliphatic heterocycles. The molecule has 2 heterocycles. The maximum absolute atomic E-state index is 5.11. The zero-order valence-electron chi connectivity index (χ0n) is 13.5. The molecule has 0 aromatic carbocycles. The fraction of sp³-hybridized carbons (Fsp3) is 0.400. The molecule has 23 heavy (non-hydrogen) atoms. The van der Waals surface area contributed by atoms with Gasteiger partial charge in [-0.3, -0.25) is 4.99 Å². The summed E-state index contributed by atoms with van der Waals surface area (Å²) < 4.78 is 5.11. The number of rotatable bonds is 6. The highest BCUT2D eigenvalue weighted by atomic mass is 127. The third kappa shape index (κ3) is 6.69. The first-order chi connectivity index (χ1) is 10.7. The number of nitrogens with zero attached hydrogens (tertiary/aromatic N) is 3. The molecule has 0 aliphatic rings. The van der Waals surface area contributed by atoms with Gasteiger partial charge in [0.2, 0.25) is 5.88 Å². The van der Waals surface area contributed by atoms with Crippen molar-refractivity contribution >= 4 is 41.3 Å². The lowest BCUT2D eigenvalue weighted by molar-refractivity contribution is 0.397. The number of methoxy groups -OCH3 is 1. The van der Waals surface area contributed by atoms with E-state index in [2.05, 4.69) is 32.5 Å². The van der Waals surface area contributed by atoms with Crippen LogP contribution in [-0.2, 0) is 13.0 Å². The van der Waals surface area contributed by atoms with Crippen molar-refractivity contribution in [1.82, 2.24) is 20.6 Å². The van der Waals surface area contributed by atoms with E-state index in [1.807, 2.05) is 18.3 Å². The first kappa shape index (κ1) is 19.6. The summed E-state index contributed by atoms with van der Waals surface area (Å²) in [7, 11) is 3.37. The van der Waals surface area contributed by atoms with Crippen LogP contribution in [-0.4, -0.2) is 36.6 Å². The lowest BCUT2D eigenvalue weighted by Crippen LogP contribution is -2.37. The van der Waals surface area contributed by atoms with Crippen LogP contribution in [0, 0.1) is 6.92 Å². The van der Waals surface area contributed by atoms with Crippen molar-refractivity contribution in [1.29, 1.82) is 0 Å². The fourth-order valence-corrected chi connectivity index (χ4v) is 2.67. The minimum atomic E-state index is 0. The molecule has 0 fully saturated rings. The molecule has 0 spiro atoms. The first-order valence-corrected chi connectivity index (χ1v) is 7.87. The minimum absolute atomic E-state index is 0. The highest BCUT2D eigenvalue weighted by Gasteiger charge is 2.02. The smallest absolute Gasteiger partial charge is 0.213 e. The van der Waals surface area contributed by atoms with Gasteiger partial charge in [0, 0.05) is 49.9 Å². The summed E-state index contributed by atoms with van der Waals surface area (Å²) in [6.45, 7) is 3.53. The Kier molecular flexibility index (Phi) is 8.85. The summed E-state index contributed by atoms with van der Waals surface area (Å²) in [5.74, 6) is 1.38. The van der Waals surface area contributed by atoms with Crippen LogP contribution < -0.4 is 15.4 Å². The molecule has 2 aromatic heterocycles. The van der Waals surface area contributed by atoms with Crippen molar-refractivity contribution in [3.05, 3.63) is 40.0 Å². The number of thiazole rings is 1. The van der Waals surface area contributed by atoms with Crippen LogP contribution in [0.15, 0.2) is 29.5 Å². The van der Waals surface area contributed by atoms with Crippen LogP contribution in [0.25, 0.3) is 0 Å². The standard InChI is InChI=1S/C15H21N5OS.HI/c1-11-9-19-14(22-11)5-7-18-15(16-2)20-10-12-4-6-17-13(8-12)21-3;/h4,6,8-9H,5,7,10H2,1-3H3,(H2,16,18,20);1H. The Morgan fingerprint density at radius 2 is 2.17 bits per heavy atom. The van der Waals surface area contributed by atoms with E-state index < -0.39 is 0 Å². The lowest BCUT2D eigenvalue weighted by atomic mass is 10.2. The molecule has 0 saturated carbocycles. The zero-order valence-corrected chi connectivity index (χ0v) is 16.6. The monoisotopic (exact) mass is 447 g/mol. The highest BCUT2D eigenvalue weighted by molar-refractivity contribution is 14.0. The van der Waals surface area contributed by atoms with Crippen LogP contribution in [0.4, 0.5) is 0 Å². The van der Waals surface area contributed by atoms with E-state index in [1.165, 1.54) is 4.88 Å². The van der Waals surface area contributed by atoms with Crippen LogP contribution >= 0.6 is 35.3 Å². The number of halogens is 1. The van der Waals surface area contributed by atoms with Gasteiger partial charge in [-0.05, 0) is 18.6 Å². The molecule has 8 heteroatoms. The number of aromatic nitrogens is 2. The third-order valence-electron chi connectivity index (χ3n) is 2.99. The summed E-state index contributed by atoms with van der Waals surface area (Å²) in [4.78, 5) is 13.9. The maximum atomic E-state index is 5.11. The first-order valence-electron chi connectivity index (χ1n) is 7.06. The molecular weight excluding hydrogens is 425 g/mol. The number of ether oxygens (including phenoxy) is 1. The van der Waals surface area contributed by atoms with Crippen molar-refractivity contribution in [2.75, 3.05) is 20.7 Å². The molecule has 0 amide bonds. The molecule has 0 bridgehead atoms. The molecular formula is C15H22IN5OS. The second-order valence-corrected chi connectivity index (χ2v) is 5.99. The van der Waals surface area contributed by atoms with Gasteiger partial charge in [-0.25, -0.2) is 9.97 Å². The summed E-state index contributed by atoms with van der Waals surface area (Å²) in [6.07, 6.45) is 4.53. The van der Waals surface area contributed by atoms with Crippen molar-refractivity contribution in [2.24, 2.45) is 4.99 Å². The Morgan fingerprint density at radius 3 is 2.83 bits per heavy atom. The topological polar surface area (TPSA) is 71.4 Å². The van der Waals surface area contributed by atoms with Gasteiger partial charge in [0.1, 0.15) is 0 Å². The van der Waals surface area contributed by atoms with Gasteiger partial charge in [-0.1, -0.05) is 0 Å². The molecule has 0 aliphatic carbocycles. The maximum Gasteiger partial charge on any atom is 0.213 e. The molecule has 2 rings (SSSR count). The third-order valence-corrected chi connectivity index (χ3v) is 3.96. The van der Waals surface area contributed by atoms with Gasteiger partial charge in [0.25, 0.3) is 0 Å². The molecule has 2 aromatic rings. The van der Waals surface area contributed by atoms with Crippen molar-refractivity contribution in [3.63, 3.8) is 0 Å². The number of aryl methyl sites for hydroxylation is 1. The van der Waals surface area contributed by atoms with E-state index in [9.17, 15) is 0 Å². The Bertz CT molecular complexity index is 632. The van der Waals surface area contributed by atoms with E-state index >= 15 is 0 Å². The minimum Gasteiger partial charge on any atom is -0.481 e. The number of aliphatic imine (C=N–C) groups is 1. The van der Waals surface area contributed by atoms with Crippen molar-refractivity contribution < 1.29 is 4.74 Å². The van der Waals surface area contributed by atoms with Gasteiger partial charge >= 0.3 is 0 Å². The second-order valence-electron chi connectivity index (χ2n) is 4.67.